The van der Waals surface area contributed by atoms with Crippen LogP contribution >= 0.6 is 0 Å². The van der Waals surface area contributed by atoms with E-state index < -0.39 is 5.97 Å². The largest absolute Gasteiger partial charge is 0.481 e. The quantitative estimate of drug-likeness (QED) is 0.167. The van der Waals surface area contributed by atoms with Gasteiger partial charge in [-0.1, -0.05) is 111 Å². The van der Waals surface area contributed by atoms with Crippen molar-refractivity contribution in [2.24, 2.45) is 5.73 Å². The van der Waals surface area contributed by atoms with Gasteiger partial charge in [-0.25, -0.2) is 0 Å². The fourth-order valence-electron chi connectivity index (χ4n) is 3.90. The molecule has 5 nitrogen and oxygen atoms in total. The number of hydrogen-bond acceptors (Lipinski definition) is 3. The molecule has 0 aliphatic carbocycles. The summed E-state index contributed by atoms with van der Waals surface area (Å²) >= 11 is 0. The summed E-state index contributed by atoms with van der Waals surface area (Å²) in [5.41, 5.74) is 5.22. The monoisotopic (exact) mass is 456 g/mol. The summed E-state index contributed by atoms with van der Waals surface area (Å²) in [6, 6.07) is -0.120. The van der Waals surface area contributed by atoms with Gasteiger partial charge in [0.1, 0.15) is 0 Å². The van der Waals surface area contributed by atoms with Gasteiger partial charge >= 0.3 is 5.97 Å². The van der Waals surface area contributed by atoms with E-state index in [0.717, 1.165) is 38.8 Å². The molecule has 1 amide bonds. The summed E-state index contributed by atoms with van der Waals surface area (Å²) in [6.07, 6.45) is 22.3. The third kappa shape index (κ3) is 25.2. The smallest absolute Gasteiger partial charge is 0.303 e. The van der Waals surface area contributed by atoms with Gasteiger partial charge < -0.3 is 10.8 Å². The van der Waals surface area contributed by atoms with Crippen molar-refractivity contribution in [3.05, 3.63) is 0 Å². The highest BCUT2D eigenvalue weighted by atomic mass is 16.4. The molecule has 1 atom stereocenters. The Morgan fingerprint density at radius 1 is 0.656 bits per heavy atom. The molecule has 0 aromatic carbocycles. The van der Waals surface area contributed by atoms with Crippen LogP contribution in [0, 0.1) is 0 Å². The van der Waals surface area contributed by atoms with E-state index in [2.05, 4.69) is 25.7 Å². The topological polar surface area (TPSA) is 83.6 Å². The first-order chi connectivity index (χ1) is 15.4. The van der Waals surface area contributed by atoms with Gasteiger partial charge in [-0.3, -0.25) is 14.5 Å². The third-order valence-corrected chi connectivity index (χ3v) is 5.98. The third-order valence-electron chi connectivity index (χ3n) is 5.98. The van der Waals surface area contributed by atoms with Crippen molar-refractivity contribution in [3.63, 3.8) is 0 Å². The molecule has 0 fully saturated rings. The average Bonchev–Trinajstić information content (AvgIpc) is 2.76. The van der Waals surface area contributed by atoms with Gasteiger partial charge in [-0.05, 0) is 39.3 Å². The Balaban J connectivity index is 0. The standard InChI is InChI=1S/C18H36O2.C9H20N2O/c1-2-3-4-5-6-7-8-9-10-11-12-13-14-15-16-17-18(19)20;1-4-6-11(7-5-2)8(3)9(10)12/h2-17H2,1H3,(H,19,20);8H,4-7H2,1-3H3,(H2,10,12). The first-order valence-electron chi connectivity index (χ1n) is 13.7. The molecular weight excluding hydrogens is 400 g/mol. The van der Waals surface area contributed by atoms with Crippen molar-refractivity contribution in [1.82, 2.24) is 4.90 Å². The van der Waals surface area contributed by atoms with Crippen LogP contribution in [0.25, 0.3) is 0 Å². The number of carbonyl (C=O) groups excluding carboxylic acids is 1. The van der Waals surface area contributed by atoms with E-state index >= 15 is 0 Å². The fraction of sp³-hybridized carbons (Fsp3) is 0.926. The molecule has 0 aliphatic rings. The Morgan fingerprint density at radius 3 is 1.28 bits per heavy atom. The van der Waals surface area contributed by atoms with Gasteiger partial charge in [-0.15, -0.1) is 0 Å². The lowest BCUT2D eigenvalue weighted by atomic mass is 10.0. The number of unbranched alkanes of at least 4 members (excludes halogenated alkanes) is 14. The zero-order chi connectivity index (χ0) is 24.5. The van der Waals surface area contributed by atoms with Gasteiger partial charge in [-0.2, -0.15) is 0 Å². The van der Waals surface area contributed by atoms with Crippen molar-refractivity contribution in [1.29, 1.82) is 0 Å². The molecule has 5 heteroatoms. The van der Waals surface area contributed by atoms with Crippen LogP contribution in [-0.2, 0) is 9.59 Å². The molecule has 0 radical (unpaired) electrons. The van der Waals surface area contributed by atoms with Crippen LogP contribution in [0.4, 0.5) is 0 Å². The summed E-state index contributed by atoms with van der Waals surface area (Å²) in [5, 5.41) is 8.52. The van der Waals surface area contributed by atoms with Crippen molar-refractivity contribution in [2.75, 3.05) is 13.1 Å². The normalized spacial score (nSPS) is 11.8. The number of carbonyl (C=O) groups is 2. The number of rotatable bonds is 22. The molecular formula is C27H56N2O3. The number of carboxylic acid groups (broad SMARTS) is 1. The first-order valence-corrected chi connectivity index (χ1v) is 13.7. The molecule has 0 bridgehead atoms. The predicted molar refractivity (Wildman–Crippen MR) is 138 cm³/mol. The number of carboxylic acids is 1. The summed E-state index contributed by atoms with van der Waals surface area (Å²) in [5.74, 6) is -0.878. The lowest BCUT2D eigenvalue weighted by Crippen LogP contribution is -2.43. The van der Waals surface area contributed by atoms with E-state index in [1.54, 1.807) is 0 Å². The summed E-state index contributed by atoms with van der Waals surface area (Å²) in [6.45, 7) is 10.3. The fourth-order valence-corrected chi connectivity index (χ4v) is 3.90. The maximum absolute atomic E-state index is 10.9. The van der Waals surface area contributed by atoms with Crippen LogP contribution in [-0.4, -0.2) is 41.0 Å². The molecule has 0 heterocycles. The van der Waals surface area contributed by atoms with Crippen LogP contribution in [0.5, 0.6) is 0 Å². The number of hydrogen-bond donors (Lipinski definition) is 2. The second-order valence-corrected chi connectivity index (χ2v) is 9.21. The maximum atomic E-state index is 10.9. The second-order valence-electron chi connectivity index (χ2n) is 9.21. The zero-order valence-electron chi connectivity index (χ0n) is 22.0. The van der Waals surface area contributed by atoms with E-state index in [1.807, 2.05) is 6.92 Å². The van der Waals surface area contributed by atoms with Gasteiger partial charge in [0.15, 0.2) is 0 Å². The Kier molecular flexibility index (Phi) is 27.0. The molecule has 192 valence electrons. The van der Waals surface area contributed by atoms with Crippen LogP contribution < -0.4 is 5.73 Å². The molecule has 0 saturated heterocycles. The van der Waals surface area contributed by atoms with Crippen molar-refractivity contribution in [3.8, 4) is 0 Å². The minimum atomic E-state index is -0.653. The van der Waals surface area contributed by atoms with Crippen LogP contribution in [0.3, 0.4) is 0 Å². The minimum absolute atomic E-state index is 0.120. The average molecular weight is 457 g/mol. The number of primary amides is 1. The SMILES string of the molecule is CCCCCCCCCCCCCCCCCC(=O)O.CCCN(CCC)C(C)C(N)=O. The number of nitrogens with two attached hydrogens (primary N) is 1. The van der Waals surface area contributed by atoms with Gasteiger partial charge in [0.25, 0.3) is 0 Å². The van der Waals surface area contributed by atoms with Gasteiger partial charge in [0, 0.05) is 6.42 Å². The van der Waals surface area contributed by atoms with Crippen LogP contribution in [0.2, 0.25) is 0 Å². The van der Waals surface area contributed by atoms with Crippen molar-refractivity contribution >= 4 is 11.9 Å². The van der Waals surface area contributed by atoms with E-state index in [1.165, 1.54) is 83.5 Å². The second kappa shape index (κ2) is 26.2. The van der Waals surface area contributed by atoms with Crippen LogP contribution in [0.15, 0.2) is 0 Å². The molecule has 0 saturated carbocycles. The molecule has 0 spiro atoms. The van der Waals surface area contributed by atoms with Gasteiger partial charge in [0.05, 0.1) is 6.04 Å². The van der Waals surface area contributed by atoms with Gasteiger partial charge in [0.2, 0.25) is 5.91 Å². The number of amides is 1. The zero-order valence-corrected chi connectivity index (χ0v) is 22.0. The molecule has 0 rings (SSSR count). The summed E-state index contributed by atoms with van der Waals surface area (Å²) < 4.78 is 0. The first kappa shape index (κ1) is 33.1. The molecule has 0 aromatic rings. The lowest BCUT2D eigenvalue weighted by Gasteiger charge is -2.25. The Bertz CT molecular complexity index is 410. The van der Waals surface area contributed by atoms with Crippen molar-refractivity contribution < 1.29 is 14.7 Å². The van der Waals surface area contributed by atoms with E-state index in [0.29, 0.717) is 6.42 Å². The molecule has 32 heavy (non-hydrogen) atoms. The number of aliphatic carboxylic acids is 1. The molecule has 0 aromatic heterocycles. The van der Waals surface area contributed by atoms with E-state index in [-0.39, 0.29) is 11.9 Å². The number of nitrogens with zero attached hydrogens (tertiary/aromatic N) is 1. The minimum Gasteiger partial charge on any atom is -0.481 e. The summed E-state index contributed by atoms with van der Waals surface area (Å²) in [7, 11) is 0. The highest BCUT2D eigenvalue weighted by Crippen LogP contribution is 2.13. The van der Waals surface area contributed by atoms with E-state index in [4.69, 9.17) is 10.8 Å². The molecule has 1 unspecified atom stereocenters. The van der Waals surface area contributed by atoms with Crippen molar-refractivity contribution in [2.45, 2.75) is 149 Å². The Hall–Kier alpha value is -1.10. The van der Waals surface area contributed by atoms with Crippen LogP contribution in [0.1, 0.15) is 143 Å². The highest BCUT2D eigenvalue weighted by Gasteiger charge is 2.16. The molecule has 0 aliphatic heterocycles. The Morgan fingerprint density at radius 2 is 1.00 bits per heavy atom. The Labute approximate surface area is 199 Å². The van der Waals surface area contributed by atoms with E-state index in [9.17, 15) is 9.59 Å². The molecule has 3 N–H and O–H groups in total. The summed E-state index contributed by atoms with van der Waals surface area (Å²) in [4.78, 5) is 23.3. The predicted octanol–water partition coefficient (Wildman–Crippen LogP) is 7.31. The lowest BCUT2D eigenvalue weighted by molar-refractivity contribution is -0.137. The maximum Gasteiger partial charge on any atom is 0.303 e. The highest BCUT2D eigenvalue weighted by molar-refractivity contribution is 5.79.